The van der Waals surface area contributed by atoms with Gasteiger partial charge in [-0.3, -0.25) is 14.5 Å². The lowest BCUT2D eigenvalue weighted by atomic mass is 9.86. The Morgan fingerprint density at radius 1 is 1.36 bits per heavy atom. The van der Waals surface area contributed by atoms with Crippen LogP contribution in [-0.2, 0) is 14.3 Å². The van der Waals surface area contributed by atoms with Crippen molar-refractivity contribution < 1.29 is 14.3 Å². The first-order valence-electron chi connectivity index (χ1n) is 5.19. The molecule has 1 saturated carbocycles. The molecule has 3 fully saturated rings. The van der Waals surface area contributed by atoms with Crippen molar-refractivity contribution in [1.82, 2.24) is 4.90 Å². The first-order valence-corrected chi connectivity index (χ1v) is 5.19. The van der Waals surface area contributed by atoms with Crippen molar-refractivity contribution in [2.24, 2.45) is 5.41 Å². The summed E-state index contributed by atoms with van der Waals surface area (Å²) in [7, 11) is 0. The van der Waals surface area contributed by atoms with Gasteiger partial charge in [0.25, 0.3) is 0 Å². The standard InChI is InChI=1S/C10H13NO3/c12-8-5-10(9(13)14-8)3-4-11(6-10)7-1-2-7/h7H,1-6H2. The molecule has 76 valence electrons. The molecule has 0 aromatic heterocycles. The van der Waals surface area contributed by atoms with E-state index in [4.69, 9.17) is 0 Å². The number of cyclic esters (lactones) is 2. The second-order valence-electron chi connectivity index (χ2n) is 4.67. The van der Waals surface area contributed by atoms with Crippen LogP contribution in [0.5, 0.6) is 0 Å². The van der Waals surface area contributed by atoms with Crippen LogP contribution in [0.3, 0.4) is 0 Å². The summed E-state index contributed by atoms with van der Waals surface area (Å²) in [6, 6.07) is 0.679. The van der Waals surface area contributed by atoms with Gasteiger partial charge in [0.2, 0.25) is 0 Å². The van der Waals surface area contributed by atoms with E-state index in [0.29, 0.717) is 12.5 Å². The Labute approximate surface area is 82.2 Å². The molecule has 1 aliphatic carbocycles. The van der Waals surface area contributed by atoms with Crippen molar-refractivity contribution in [3.8, 4) is 0 Å². The number of ether oxygens (including phenoxy) is 1. The van der Waals surface area contributed by atoms with Crippen molar-refractivity contribution in [2.45, 2.75) is 31.7 Å². The Hall–Kier alpha value is -0.900. The number of carbonyl (C=O) groups excluding carboxylic acids is 2. The van der Waals surface area contributed by atoms with Crippen molar-refractivity contribution in [1.29, 1.82) is 0 Å². The molecule has 1 atom stereocenters. The SMILES string of the molecule is O=C1CC2(CCN(C3CC3)C2)C(=O)O1. The summed E-state index contributed by atoms with van der Waals surface area (Å²) in [6.07, 6.45) is 3.60. The smallest absolute Gasteiger partial charge is 0.321 e. The number of rotatable bonds is 1. The number of nitrogens with zero attached hydrogens (tertiary/aromatic N) is 1. The summed E-state index contributed by atoms with van der Waals surface area (Å²) in [4.78, 5) is 24.9. The molecule has 14 heavy (non-hydrogen) atoms. The second kappa shape index (κ2) is 2.57. The quantitative estimate of drug-likeness (QED) is 0.446. The normalized spacial score (nSPS) is 38.3. The number of likely N-dealkylation sites (tertiary alicyclic amines) is 1. The van der Waals surface area contributed by atoms with Gasteiger partial charge in [0, 0.05) is 12.6 Å². The van der Waals surface area contributed by atoms with Crippen LogP contribution in [0.15, 0.2) is 0 Å². The molecule has 1 spiro atoms. The number of carbonyl (C=O) groups is 2. The highest BCUT2D eigenvalue weighted by atomic mass is 16.6. The molecule has 3 aliphatic rings. The molecule has 3 rings (SSSR count). The molecule has 2 heterocycles. The number of esters is 2. The van der Waals surface area contributed by atoms with Gasteiger partial charge in [0.15, 0.2) is 0 Å². The van der Waals surface area contributed by atoms with Crippen LogP contribution in [-0.4, -0.2) is 36.0 Å². The van der Waals surface area contributed by atoms with Gasteiger partial charge in [-0.25, -0.2) is 0 Å². The predicted octanol–water partition coefficient (Wildman–Crippen LogP) is 0.314. The van der Waals surface area contributed by atoms with Crippen LogP contribution < -0.4 is 0 Å². The third-order valence-electron chi connectivity index (χ3n) is 3.57. The lowest BCUT2D eigenvalue weighted by Crippen LogP contribution is -2.32. The van der Waals surface area contributed by atoms with E-state index in [-0.39, 0.29) is 11.9 Å². The Balaban J connectivity index is 1.78. The van der Waals surface area contributed by atoms with Gasteiger partial charge in [0.1, 0.15) is 0 Å². The van der Waals surface area contributed by atoms with Crippen molar-refractivity contribution in [3.05, 3.63) is 0 Å². The van der Waals surface area contributed by atoms with Crippen molar-refractivity contribution >= 4 is 11.9 Å². The summed E-state index contributed by atoms with van der Waals surface area (Å²) in [5.74, 6) is -0.627. The van der Waals surface area contributed by atoms with Crippen LogP contribution in [0.25, 0.3) is 0 Å². The zero-order valence-corrected chi connectivity index (χ0v) is 7.99. The summed E-state index contributed by atoms with van der Waals surface area (Å²) >= 11 is 0. The fraction of sp³-hybridized carbons (Fsp3) is 0.800. The summed E-state index contributed by atoms with van der Waals surface area (Å²) in [6.45, 7) is 1.69. The monoisotopic (exact) mass is 195 g/mol. The Bertz CT molecular complexity index is 310. The minimum atomic E-state index is -0.473. The Morgan fingerprint density at radius 3 is 2.71 bits per heavy atom. The number of hydrogen-bond donors (Lipinski definition) is 0. The van der Waals surface area contributed by atoms with Crippen LogP contribution >= 0.6 is 0 Å². The summed E-state index contributed by atoms with van der Waals surface area (Å²) < 4.78 is 4.64. The van der Waals surface area contributed by atoms with E-state index >= 15 is 0 Å². The summed E-state index contributed by atoms with van der Waals surface area (Å²) in [5.41, 5.74) is -0.473. The first-order chi connectivity index (χ1) is 6.70. The summed E-state index contributed by atoms with van der Waals surface area (Å²) in [5, 5.41) is 0. The molecular formula is C10H13NO3. The second-order valence-corrected chi connectivity index (χ2v) is 4.67. The molecule has 2 saturated heterocycles. The predicted molar refractivity (Wildman–Crippen MR) is 47.4 cm³/mol. The fourth-order valence-corrected chi connectivity index (χ4v) is 2.56. The highest BCUT2D eigenvalue weighted by molar-refractivity contribution is 5.97. The van der Waals surface area contributed by atoms with Gasteiger partial charge in [-0.05, 0) is 25.8 Å². The average molecular weight is 195 g/mol. The van der Waals surface area contributed by atoms with E-state index in [1.165, 1.54) is 12.8 Å². The van der Waals surface area contributed by atoms with Gasteiger partial charge < -0.3 is 4.74 Å². The molecule has 1 unspecified atom stereocenters. The van der Waals surface area contributed by atoms with Gasteiger partial charge in [-0.1, -0.05) is 0 Å². The van der Waals surface area contributed by atoms with Crippen LogP contribution in [0.2, 0.25) is 0 Å². The van der Waals surface area contributed by atoms with Crippen LogP contribution in [0.4, 0.5) is 0 Å². The van der Waals surface area contributed by atoms with Gasteiger partial charge in [-0.2, -0.15) is 0 Å². The third-order valence-corrected chi connectivity index (χ3v) is 3.57. The third kappa shape index (κ3) is 1.10. The van der Waals surface area contributed by atoms with Gasteiger partial charge >= 0.3 is 11.9 Å². The maximum absolute atomic E-state index is 11.5. The minimum Gasteiger partial charge on any atom is -0.393 e. The largest absolute Gasteiger partial charge is 0.393 e. The molecule has 0 radical (unpaired) electrons. The van der Waals surface area contributed by atoms with E-state index in [9.17, 15) is 9.59 Å². The number of hydrogen-bond acceptors (Lipinski definition) is 4. The molecule has 4 nitrogen and oxygen atoms in total. The highest BCUT2D eigenvalue weighted by Gasteiger charge is 2.54. The molecule has 0 amide bonds. The average Bonchev–Trinajstić information content (AvgIpc) is 2.83. The minimum absolute atomic E-state index is 0.286. The Kier molecular flexibility index (Phi) is 1.54. The lowest BCUT2D eigenvalue weighted by molar-refractivity contribution is -0.154. The Morgan fingerprint density at radius 2 is 2.14 bits per heavy atom. The fourth-order valence-electron chi connectivity index (χ4n) is 2.56. The first kappa shape index (κ1) is 8.41. The van der Waals surface area contributed by atoms with Crippen LogP contribution in [0.1, 0.15) is 25.7 Å². The van der Waals surface area contributed by atoms with Crippen molar-refractivity contribution in [3.63, 3.8) is 0 Å². The molecule has 0 bridgehead atoms. The zero-order valence-electron chi connectivity index (χ0n) is 7.99. The molecule has 0 N–H and O–H groups in total. The van der Waals surface area contributed by atoms with Crippen LogP contribution in [0, 0.1) is 5.41 Å². The van der Waals surface area contributed by atoms with Gasteiger partial charge in [0.05, 0.1) is 11.8 Å². The van der Waals surface area contributed by atoms with E-state index in [0.717, 1.165) is 19.5 Å². The molecule has 0 aromatic carbocycles. The molecule has 4 heteroatoms. The maximum Gasteiger partial charge on any atom is 0.321 e. The van der Waals surface area contributed by atoms with E-state index in [1.54, 1.807) is 0 Å². The lowest BCUT2D eigenvalue weighted by Gasteiger charge is -2.18. The molecular weight excluding hydrogens is 182 g/mol. The van der Waals surface area contributed by atoms with E-state index < -0.39 is 5.41 Å². The molecule has 2 aliphatic heterocycles. The zero-order chi connectivity index (χ0) is 9.76. The highest BCUT2D eigenvalue weighted by Crippen LogP contribution is 2.43. The van der Waals surface area contributed by atoms with E-state index in [2.05, 4.69) is 9.64 Å². The maximum atomic E-state index is 11.5. The van der Waals surface area contributed by atoms with Gasteiger partial charge in [-0.15, -0.1) is 0 Å². The van der Waals surface area contributed by atoms with E-state index in [1.807, 2.05) is 0 Å². The molecule has 0 aromatic rings. The topological polar surface area (TPSA) is 46.6 Å². The van der Waals surface area contributed by atoms with Crippen molar-refractivity contribution in [2.75, 3.05) is 13.1 Å².